The third-order valence-corrected chi connectivity index (χ3v) is 4.61. The topological polar surface area (TPSA) is 38.0 Å². The summed E-state index contributed by atoms with van der Waals surface area (Å²) in [4.78, 5) is 4.76. The average molecular weight is 308 g/mol. The molecule has 3 aromatic rings. The van der Waals surface area contributed by atoms with Crippen LogP contribution in [0.1, 0.15) is 33.6 Å². The fourth-order valence-electron chi connectivity index (χ4n) is 3.04. The van der Waals surface area contributed by atoms with Crippen LogP contribution in [0, 0.1) is 27.7 Å². The molecule has 0 amide bonds. The lowest BCUT2D eigenvalue weighted by Gasteiger charge is -2.12. The van der Waals surface area contributed by atoms with E-state index >= 15 is 0 Å². The molecule has 3 heteroatoms. The van der Waals surface area contributed by atoms with Gasteiger partial charge in [0.15, 0.2) is 0 Å². The predicted octanol–water partition coefficient (Wildman–Crippen LogP) is 3.85. The minimum atomic E-state index is 0.119. The summed E-state index contributed by atoms with van der Waals surface area (Å²) in [5.41, 5.74) is 8.56. The molecule has 2 aromatic carbocycles. The van der Waals surface area contributed by atoms with E-state index in [9.17, 15) is 5.11 Å². The fraction of sp³-hybridized carbons (Fsp3) is 0.350. The minimum Gasteiger partial charge on any atom is -0.396 e. The first-order valence-electron chi connectivity index (χ1n) is 8.13. The van der Waals surface area contributed by atoms with Crippen LogP contribution in [0.4, 0.5) is 0 Å². The quantitative estimate of drug-likeness (QED) is 0.795. The van der Waals surface area contributed by atoms with E-state index in [1.165, 1.54) is 27.8 Å². The molecule has 0 aliphatic heterocycles. The molecule has 1 aromatic heterocycles. The molecule has 0 fully saturated rings. The Hall–Kier alpha value is -2.13. The largest absolute Gasteiger partial charge is 0.396 e. The normalized spacial score (nSPS) is 11.3. The number of aromatic nitrogens is 2. The van der Waals surface area contributed by atoms with Gasteiger partial charge in [-0.15, -0.1) is 0 Å². The van der Waals surface area contributed by atoms with Gasteiger partial charge in [-0.05, 0) is 62.1 Å². The smallest absolute Gasteiger partial charge is 0.112 e. The Morgan fingerprint density at radius 1 is 0.957 bits per heavy atom. The maximum atomic E-state index is 9.39. The van der Waals surface area contributed by atoms with Gasteiger partial charge in [0.25, 0.3) is 0 Å². The van der Waals surface area contributed by atoms with Gasteiger partial charge in [-0.1, -0.05) is 23.8 Å². The van der Waals surface area contributed by atoms with E-state index in [1.807, 2.05) is 0 Å². The van der Waals surface area contributed by atoms with Gasteiger partial charge in [-0.25, -0.2) is 4.98 Å². The van der Waals surface area contributed by atoms with Gasteiger partial charge in [-0.3, -0.25) is 0 Å². The van der Waals surface area contributed by atoms with Crippen LogP contribution in [-0.4, -0.2) is 21.3 Å². The standard InChI is InChI=1S/C20H24N2O/c1-13-5-6-14(2)17(9-13)12-22-19-11-16(4)15(3)10-18(19)21-20(22)7-8-23/h5-6,9-11,23H,7-8,12H2,1-4H3. The lowest BCUT2D eigenvalue weighted by Crippen LogP contribution is -2.08. The second-order valence-corrected chi connectivity index (χ2v) is 6.44. The SMILES string of the molecule is Cc1ccc(C)c(Cn2c(CCO)nc3cc(C)c(C)cc32)c1. The molecule has 3 rings (SSSR count). The number of rotatable bonds is 4. The number of nitrogens with zero attached hydrogens (tertiary/aromatic N) is 2. The number of aliphatic hydroxyl groups excluding tert-OH is 1. The van der Waals surface area contributed by atoms with Crippen LogP contribution < -0.4 is 0 Å². The molecule has 0 spiro atoms. The van der Waals surface area contributed by atoms with Crippen LogP contribution in [0.2, 0.25) is 0 Å². The molecular weight excluding hydrogens is 284 g/mol. The summed E-state index contributed by atoms with van der Waals surface area (Å²) in [7, 11) is 0. The Morgan fingerprint density at radius 2 is 1.70 bits per heavy atom. The van der Waals surface area contributed by atoms with E-state index in [2.05, 4.69) is 62.6 Å². The second kappa shape index (κ2) is 6.17. The molecule has 1 heterocycles. The van der Waals surface area contributed by atoms with Gasteiger partial charge >= 0.3 is 0 Å². The number of hydrogen-bond donors (Lipinski definition) is 1. The molecule has 0 unspecified atom stereocenters. The lowest BCUT2D eigenvalue weighted by atomic mass is 10.1. The zero-order valence-electron chi connectivity index (χ0n) is 14.3. The molecule has 0 radical (unpaired) electrons. The minimum absolute atomic E-state index is 0.119. The molecule has 120 valence electrons. The Balaban J connectivity index is 2.15. The van der Waals surface area contributed by atoms with E-state index < -0.39 is 0 Å². The predicted molar refractivity (Wildman–Crippen MR) is 95.0 cm³/mol. The average Bonchev–Trinajstić information content (AvgIpc) is 2.81. The second-order valence-electron chi connectivity index (χ2n) is 6.44. The molecule has 23 heavy (non-hydrogen) atoms. The summed E-state index contributed by atoms with van der Waals surface area (Å²) in [6, 6.07) is 10.9. The van der Waals surface area contributed by atoms with Crippen molar-refractivity contribution in [3.63, 3.8) is 0 Å². The number of benzene rings is 2. The highest BCUT2D eigenvalue weighted by molar-refractivity contribution is 5.78. The highest BCUT2D eigenvalue weighted by atomic mass is 16.3. The summed E-state index contributed by atoms with van der Waals surface area (Å²) in [5.74, 6) is 0.952. The molecule has 0 atom stereocenters. The molecule has 0 saturated carbocycles. The van der Waals surface area contributed by atoms with E-state index in [0.29, 0.717) is 6.42 Å². The number of imidazole rings is 1. The summed E-state index contributed by atoms with van der Waals surface area (Å²) < 4.78 is 2.25. The maximum absolute atomic E-state index is 9.39. The molecular formula is C20H24N2O. The molecule has 0 aliphatic carbocycles. The van der Waals surface area contributed by atoms with Crippen LogP contribution in [-0.2, 0) is 13.0 Å². The molecule has 3 nitrogen and oxygen atoms in total. The first-order valence-corrected chi connectivity index (χ1v) is 8.13. The molecule has 0 saturated heterocycles. The Labute approximate surface area is 137 Å². The lowest BCUT2D eigenvalue weighted by molar-refractivity contribution is 0.295. The van der Waals surface area contributed by atoms with Gasteiger partial charge < -0.3 is 9.67 Å². The zero-order chi connectivity index (χ0) is 16.6. The van der Waals surface area contributed by atoms with Crippen molar-refractivity contribution in [2.45, 2.75) is 40.7 Å². The van der Waals surface area contributed by atoms with Crippen LogP contribution in [0.25, 0.3) is 11.0 Å². The zero-order valence-corrected chi connectivity index (χ0v) is 14.3. The van der Waals surface area contributed by atoms with Crippen LogP contribution >= 0.6 is 0 Å². The van der Waals surface area contributed by atoms with Crippen molar-refractivity contribution in [2.75, 3.05) is 6.61 Å². The number of aliphatic hydroxyl groups is 1. The number of hydrogen-bond acceptors (Lipinski definition) is 2. The van der Waals surface area contributed by atoms with Gasteiger partial charge in [0.05, 0.1) is 17.6 Å². The van der Waals surface area contributed by atoms with Gasteiger partial charge in [-0.2, -0.15) is 0 Å². The van der Waals surface area contributed by atoms with Crippen molar-refractivity contribution in [1.82, 2.24) is 9.55 Å². The van der Waals surface area contributed by atoms with Gasteiger partial charge in [0.2, 0.25) is 0 Å². The summed E-state index contributed by atoms with van der Waals surface area (Å²) >= 11 is 0. The first-order chi connectivity index (χ1) is 11.0. The highest BCUT2D eigenvalue weighted by Crippen LogP contribution is 2.23. The Bertz CT molecular complexity index is 862. The van der Waals surface area contributed by atoms with Crippen molar-refractivity contribution >= 4 is 11.0 Å². The first kappa shape index (κ1) is 15.8. The van der Waals surface area contributed by atoms with Crippen molar-refractivity contribution < 1.29 is 5.11 Å². The Morgan fingerprint density at radius 3 is 2.43 bits per heavy atom. The Kier molecular flexibility index (Phi) is 4.22. The van der Waals surface area contributed by atoms with E-state index in [-0.39, 0.29) is 6.61 Å². The molecule has 0 bridgehead atoms. The number of aryl methyl sites for hydroxylation is 4. The van der Waals surface area contributed by atoms with Crippen LogP contribution in [0.3, 0.4) is 0 Å². The van der Waals surface area contributed by atoms with Gasteiger partial charge in [0, 0.05) is 13.0 Å². The summed E-state index contributed by atoms with van der Waals surface area (Å²) in [5, 5.41) is 9.39. The van der Waals surface area contributed by atoms with Crippen molar-refractivity contribution in [1.29, 1.82) is 0 Å². The van der Waals surface area contributed by atoms with E-state index in [0.717, 1.165) is 23.4 Å². The summed E-state index contributed by atoms with van der Waals surface area (Å²) in [6.07, 6.45) is 0.581. The maximum Gasteiger partial charge on any atom is 0.112 e. The molecule has 1 N–H and O–H groups in total. The summed E-state index contributed by atoms with van der Waals surface area (Å²) in [6.45, 7) is 9.43. The van der Waals surface area contributed by atoms with E-state index in [1.54, 1.807) is 0 Å². The molecule has 0 aliphatic rings. The van der Waals surface area contributed by atoms with E-state index in [4.69, 9.17) is 4.98 Å². The monoisotopic (exact) mass is 308 g/mol. The third-order valence-electron chi connectivity index (χ3n) is 4.61. The third kappa shape index (κ3) is 3.02. The van der Waals surface area contributed by atoms with Crippen LogP contribution in [0.5, 0.6) is 0 Å². The fourth-order valence-corrected chi connectivity index (χ4v) is 3.04. The van der Waals surface area contributed by atoms with Crippen molar-refractivity contribution in [3.05, 3.63) is 64.0 Å². The number of fused-ring (bicyclic) bond motifs is 1. The van der Waals surface area contributed by atoms with Crippen molar-refractivity contribution in [2.24, 2.45) is 0 Å². The highest BCUT2D eigenvalue weighted by Gasteiger charge is 2.13. The van der Waals surface area contributed by atoms with Crippen LogP contribution in [0.15, 0.2) is 30.3 Å². The van der Waals surface area contributed by atoms with Gasteiger partial charge in [0.1, 0.15) is 5.82 Å². The van der Waals surface area contributed by atoms with Crippen molar-refractivity contribution in [3.8, 4) is 0 Å².